The summed E-state index contributed by atoms with van der Waals surface area (Å²) in [5.41, 5.74) is 0.497. The molecule has 2 aromatic rings. The summed E-state index contributed by atoms with van der Waals surface area (Å²) in [5, 5.41) is 0. The van der Waals surface area contributed by atoms with E-state index in [0.717, 1.165) is 16.9 Å². The second-order valence-corrected chi connectivity index (χ2v) is 5.97. The highest BCUT2D eigenvalue weighted by Crippen LogP contribution is 2.38. The van der Waals surface area contributed by atoms with Gasteiger partial charge in [0.15, 0.2) is 0 Å². The summed E-state index contributed by atoms with van der Waals surface area (Å²) in [6, 6.07) is 17.0. The Hall–Kier alpha value is -3.08. The van der Waals surface area contributed by atoms with Crippen LogP contribution in [0.25, 0.3) is 0 Å². The Balaban J connectivity index is 2.04. The fourth-order valence-electron chi connectivity index (χ4n) is 3.14. The van der Waals surface area contributed by atoms with E-state index < -0.39 is 11.5 Å². The number of methoxy groups -OCH3 is 2. The van der Waals surface area contributed by atoms with Crippen molar-refractivity contribution in [3.8, 4) is 5.75 Å². The van der Waals surface area contributed by atoms with Crippen LogP contribution in [0.2, 0.25) is 0 Å². The largest absolute Gasteiger partial charge is 0.497 e. The summed E-state index contributed by atoms with van der Waals surface area (Å²) in [5.74, 6) is 0.322. The summed E-state index contributed by atoms with van der Waals surface area (Å²) in [6.45, 7) is 4.00. The molecule has 0 amide bonds. The minimum absolute atomic E-state index is 0.0899. The van der Waals surface area contributed by atoms with Gasteiger partial charge in [0.2, 0.25) is 11.4 Å². The highest BCUT2D eigenvalue weighted by Gasteiger charge is 2.51. The van der Waals surface area contributed by atoms with Crippen LogP contribution < -0.4 is 4.74 Å². The molecule has 0 unspecified atom stereocenters. The van der Waals surface area contributed by atoms with E-state index in [-0.39, 0.29) is 12.5 Å². The van der Waals surface area contributed by atoms with Gasteiger partial charge in [-0.2, -0.15) is 0 Å². The van der Waals surface area contributed by atoms with E-state index in [2.05, 4.69) is 11.6 Å². The number of ether oxygens (including phenoxy) is 3. The molecule has 1 heterocycles. The van der Waals surface area contributed by atoms with Crippen LogP contribution in [0, 0.1) is 0 Å². The first-order chi connectivity index (χ1) is 12.6. The minimum atomic E-state index is -1.20. The number of carbonyl (C=O) groups is 1. The summed E-state index contributed by atoms with van der Waals surface area (Å²) in [4.78, 5) is 17.4. The Morgan fingerprint density at radius 1 is 1.19 bits per heavy atom. The molecule has 5 nitrogen and oxygen atoms in total. The number of esters is 1. The molecular formula is C21H21NO4. The van der Waals surface area contributed by atoms with E-state index in [1.807, 2.05) is 54.6 Å². The van der Waals surface area contributed by atoms with Gasteiger partial charge in [-0.1, -0.05) is 36.4 Å². The maximum atomic E-state index is 12.7. The standard InChI is InChI=1S/C21H21NO4/c1-4-18(15-8-6-5-7-9-15)21(20(23)25-3)14-26-19(22-21)16-10-12-17(24-2)13-11-16/h4-13,18H,1,14H2,2-3H3/t18-,21+/m0/s1. The van der Waals surface area contributed by atoms with E-state index >= 15 is 0 Å². The molecule has 0 radical (unpaired) electrons. The number of benzene rings is 2. The maximum absolute atomic E-state index is 12.7. The minimum Gasteiger partial charge on any atom is -0.497 e. The summed E-state index contributed by atoms with van der Waals surface area (Å²) >= 11 is 0. The topological polar surface area (TPSA) is 57.1 Å². The fourth-order valence-corrected chi connectivity index (χ4v) is 3.14. The highest BCUT2D eigenvalue weighted by molar-refractivity contribution is 5.99. The third kappa shape index (κ3) is 3.08. The molecule has 0 saturated carbocycles. The third-order valence-corrected chi connectivity index (χ3v) is 4.51. The highest BCUT2D eigenvalue weighted by atomic mass is 16.5. The summed E-state index contributed by atoms with van der Waals surface area (Å²) in [7, 11) is 2.96. The molecule has 0 bridgehead atoms. The lowest BCUT2D eigenvalue weighted by Gasteiger charge is -2.28. The number of rotatable bonds is 6. The SMILES string of the molecule is C=C[C@@H](c1ccccc1)[C@@]1(C(=O)OC)COC(c2ccc(OC)cc2)=N1. The van der Waals surface area contributed by atoms with Crippen molar-refractivity contribution in [2.45, 2.75) is 11.5 Å². The van der Waals surface area contributed by atoms with E-state index in [1.54, 1.807) is 13.2 Å². The van der Waals surface area contributed by atoms with Gasteiger partial charge in [-0.3, -0.25) is 0 Å². The van der Waals surface area contributed by atoms with Gasteiger partial charge in [0.1, 0.15) is 12.4 Å². The molecule has 1 aliphatic rings. The number of carbonyl (C=O) groups excluding carboxylic acids is 1. The van der Waals surface area contributed by atoms with Crippen molar-refractivity contribution in [3.05, 3.63) is 78.4 Å². The van der Waals surface area contributed by atoms with Gasteiger partial charge < -0.3 is 14.2 Å². The predicted octanol–water partition coefficient (Wildman–Crippen LogP) is 3.35. The summed E-state index contributed by atoms with van der Waals surface area (Å²) in [6.07, 6.45) is 1.72. The molecule has 0 spiro atoms. The van der Waals surface area contributed by atoms with E-state index in [4.69, 9.17) is 14.2 Å². The van der Waals surface area contributed by atoms with Crippen LogP contribution in [0.1, 0.15) is 17.0 Å². The molecule has 0 aromatic heterocycles. The van der Waals surface area contributed by atoms with Gasteiger partial charge in [0, 0.05) is 11.5 Å². The first kappa shape index (κ1) is 17.7. The molecule has 0 aliphatic carbocycles. The number of aliphatic imine (C=N–C) groups is 1. The molecule has 1 aliphatic heterocycles. The van der Waals surface area contributed by atoms with Crippen LogP contribution in [-0.2, 0) is 14.3 Å². The van der Waals surface area contributed by atoms with Gasteiger partial charge in [0.25, 0.3) is 0 Å². The second-order valence-electron chi connectivity index (χ2n) is 5.97. The quantitative estimate of drug-likeness (QED) is 0.591. The van der Waals surface area contributed by atoms with Crippen molar-refractivity contribution in [2.24, 2.45) is 4.99 Å². The van der Waals surface area contributed by atoms with Crippen LogP contribution >= 0.6 is 0 Å². The second kappa shape index (κ2) is 7.44. The number of nitrogens with zero attached hydrogens (tertiary/aromatic N) is 1. The average Bonchev–Trinajstić information content (AvgIpc) is 3.15. The van der Waals surface area contributed by atoms with Crippen molar-refractivity contribution >= 4 is 11.9 Å². The Morgan fingerprint density at radius 2 is 1.88 bits per heavy atom. The lowest BCUT2D eigenvalue weighted by Crippen LogP contribution is -2.44. The zero-order valence-electron chi connectivity index (χ0n) is 14.8. The van der Waals surface area contributed by atoms with Crippen LogP contribution in [0.15, 0.2) is 72.2 Å². The van der Waals surface area contributed by atoms with Gasteiger partial charge >= 0.3 is 5.97 Å². The van der Waals surface area contributed by atoms with Crippen LogP contribution in [0.3, 0.4) is 0 Å². The monoisotopic (exact) mass is 351 g/mol. The molecular weight excluding hydrogens is 330 g/mol. The van der Waals surface area contributed by atoms with Crippen molar-refractivity contribution in [3.63, 3.8) is 0 Å². The molecule has 2 atom stereocenters. The third-order valence-electron chi connectivity index (χ3n) is 4.51. The Bertz CT molecular complexity index is 814. The molecule has 3 rings (SSSR count). The summed E-state index contributed by atoms with van der Waals surface area (Å²) < 4.78 is 16.1. The Morgan fingerprint density at radius 3 is 2.46 bits per heavy atom. The number of hydrogen-bond donors (Lipinski definition) is 0. The average molecular weight is 351 g/mol. The Labute approximate surface area is 152 Å². The first-order valence-corrected chi connectivity index (χ1v) is 8.27. The predicted molar refractivity (Wildman–Crippen MR) is 99.6 cm³/mol. The van der Waals surface area contributed by atoms with Crippen molar-refractivity contribution in [2.75, 3.05) is 20.8 Å². The van der Waals surface area contributed by atoms with Gasteiger partial charge in [0.05, 0.1) is 14.2 Å². The van der Waals surface area contributed by atoms with Crippen molar-refractivity contribution in [1.82, 2.24) is 0 Å². The fraction of sp³-hybridized carbons (Fsp3) is 0.238. The van der Waals surface area contributed by atoms with Gasteiger partial charge in [-0.05, 0) is 29.8 Å². The molecule has 26 heavy (non-hydrogen) atoms. The zero-order chi connectivity index (χ0) is 18.6. The van der Waals surface area contributed by atoms with Crippen LogP contribution in [0.4, 0.5) is 0 Å². The maximum Gasteiger partial charge on any atom is 0.338 e. The normalized spacial score (nSPS) is 19.8. The van der Waals surface area contributed by atoms with Gasteiger partial charge in [-0.25, -0.2) is 9.79 Å². The lowest BCUT2D eigenvalue weighted by atomic mass is 9.80. The van der Waals surface area contributed by atoms with Crippen molar-refractivity contribution in [1.29, 1.82) is 0 Å². The molecule has 134 valence electrons. The van der Waals surface area contributed by atoms with E-state index in [0.29, 0.717) is 5.90 Å². The number of hydrogen-bond acceptors (Lipinski definition) is 5. The van der Waals surface area contributed by atoms with Gasteiger partial charge in [-0.15, -0.1) is 6.58 Å². The molecule has 5 heteroatoms. The smallest absolute Gasteiger partial charge is 0.338 e. The molecule has 0 fully saturated rings. The molecule has 0 saturated heterocycles. The lowest BCUT2D eigenvalue weighted by molar-refractivity contribution is -0.147. The zero-order valence-corrected chi connectivity index (χ0v) is 14.8. The first-order valence-electron chi connectivity index (χ1n) is 8.27. The van der Waals surface area contributed by atoms with Crippen LogP contribution in [-0.4, -0.2) is 38.2 Å². The van der Waals surface area contributed by atoms with Crippen LogP contribution in [0.5, 0.6) is 5.75 Å². The van der Waals surface area contributed by atoms with Crippen molar-refractivity contribution < 1.29 is 19.0 Å². The molecule has 2 aromatic carbocycles. The molecule has 0 N–H and O–H groups in total. The van der Waals surface area contributed by atoms with E-state index in [1.165, 1.54) is 7.11 Å². The van der Waals surface area contributed by atoms with E-state index in [9.17, 15) is 4.79 Å². The Kier molecular flexibility index (Phi) is 5.07.